The van der Waals surface area contributed by atoms with Crippen molar-refractivity contribution >= 4 is 27.5 Å². The summed E-state index contributed by atoms with van der Waals surface area (Å²) in [5.74, 6) is 0. The Kier molecular flexibility index (Phi) is 6.59. The molecule has 0 aromatic heterocycles. The molecule has 0 amide bonds. The predicted molar refractivity (Wildman–Crippen MR) is 92.0 cm³/mol. The van der Waals surface area contributed by atoms with Crippen molar-refractivity contribution in [2.24, 2.45) is 0 Å². The van der Waals surface area contributed by atoms with E-state index in [1.165, 1.54) is 4.46 Å². The summed E-state index contributed by atoms with van der Waals surface area (Å²) in [6.07, 6.45) is 0. The minimum absolute atomic E-state index is 0.484. The number of benzene rings is 1. The predicted octanol–water partition coefficient (Wildman–Crippen LogP) is 4.75. The molecule has 0 N–H and O–H groups in total. The van der Waals surface area contributed by atoms with Gasteiger partial charge in [-0.25, -0.2) is 0 Å². The summed E-state index contributed by atoms with van der Waals surface area (Å²) in [5.41, 5.74) is 5.10. The quantitative estimate of drug-likeness (QED) is 0.656. The molecule has 0 saturated heterocycles. The molecule has 0 unspecified atom stereocenters. The Bertz CT molecular complexity index is 371. The Morgan fingerprint density at radius 3 is 1.74 bits per heavy atom. The second-order valence-electron chi connectivity index (χ2n) is 6.20. The SMILES string of the molecule is CC(C)[Si](/C=C/[Se]c1ccccc1)(C(C)C)C(C)C. The molecular formula is C17H28SeSi. The van der Waals surface area contributed by atoms with E-state index >= 15 is 0 Å². The van der Waals surface area contributed by atoms with E-state index in [9.17, 15) is 0 Å². The van der Waals surface area contributed by atoms with Crippen molar-refractivity contribution in [1.82, 2.24) is 0 Å². The summed E-state index contributed by atoms with van der Waals surface area (Å²) in [4.78, 5) is 2.49. The van der Waals surface area contributed by atoms with E-state index in [1.807, 2.05) is 0 Å². The van der Waals surface area contributed by atoms with E-state index in [2.05, 4.69) is 82.5 Å². The first-order valence-electron chi connectivity index (χ1n) is 7.30. The summed E-state index contributed by atoms with van der Waals surface area (Å²) in [5, 5.41) is 0. The van der Waals surface area contributed by atoms with Crippen LogP contribution in [0.15, 0.2) is 41.0 Å². The third kappa shape index (κ3) is 4.08. The van der Waals surface area contributed by atoms with Gasteiger partial charge in [-0.1, -0.05) is 0 Å². The van der Waals surface area contributed by atoms with Gasteiger partial charge in [0.2, 0.25) is 0 Å². The third-order valence-electron chi connectivity index (χ3n) is 4.30. The van der Waals surface area contributed by atoms with Crippen LogP contribution in [0.1, 0.15) is 41.5 Å². The molecule has 0 aliphatic rings. The molecule has 0 bridgehead atoms. The van der Waals surface area contributed by atoms with Crippen LogP contribution in [0.2, 0.25) is 16.6 Å². The first-order chi connectivity index (χ1) is 8.91. The normalized spacial score (nSPS) is 13.1. The van der Waals surface area contributed by atoms with Gasteiger partial charge in [0.05, 0.1) is 0 Å². The van der Waals surface area contributed by atoms with Gasteiger partial charge in [0.15, 0.2) is 0 Å². The standard InChI is InChI=1S/C17H28SeSi/c1-14(2)19(15(3)4,16(5)6)13-12-18-17-10-8-7-9-11-17/h7-16H,1-6H3/b13-12+. The average molecular weight is 339 g/mol. The van der Waals surface area contributed by atoms with E-state index in [1.54, 1.807) is 0 Å². The van der Waals surface area contributed by atoms with Crippen molar-refractivity contribution in [3.05, 3.63) is 41.0 Å². The van der Waals surface area contributed by atoms with Crippen molar-refractivity contribution in [2.45, 2.75) is 58.2 Å². The van der Waals surface area contributed by atoms with Crippen LogP contribution in [-0.2, 0) is 0 Å². The molecule has 1 aromatic rings. The van der Waals surface area contributed by atoms with Crippen LogP contribution in [0.25, 0.3) is 0 Å². The molecule has 1 aromatic carbocycles. The van der Waals surface area contributed by atoms with Crippen LogP contribution in [-0.4, -0.2) is 23.0 Å². The molecular weight excluding hydrogens is 311 g/mol. The van der Waals surface area contributed by atoms with Crippen LogP contribution in [0.5, 0.6) is 0 Å². The summed E-state index contributed by atoms with van der Waals surface area (Å²) in [7, 11) is -1.35. The molecule has 1 rings (SSSR count). The van der Waals surface area contributed by atoms with Crippen molar-refractivity contribution in [3.8, 4) is 0 Å². The Morgan fingerprint density at radius 2 is 1.32 bits per heavy atom. The van der Waals surface area contributed by atoms with Gasteiger partial charge < -0.3 is 0 Å². The summed E-state index contributed by atoms with van der Waals surface area (Å²) in [6, 6.07) is 10.9. The molecule has 0 aliphatic carbocycles. The average Bonchev–Trinajstić information content (AvgIpc) is 2.34. The zero-order chi connectivity index (χ0) is 14.5. The van der Waals surface area contributed by atoms with Crippen molar-refractivity contribution in [2.75, 3.05) is 0 Å². The second-order valence-corrected chi connectivity index (χ2v) is 14.0. The van der Waals surface area contributed by atoms with Crippen LogP contribution in [0.4, 0.5) is 0 Å². The first kappa shape index (κ1) is 16.7. The molecule has 0 saturated carbocycles. The van der Waals surface area contributed by atoms with E-state index in [4.69, 9.17) is 0 Å². The fourth-order valence-corrected chi connectivity index (χ4v) is 11.7. The molecule has 0 spiro atoms. The van der Waals surface area contributed by atoms with Crippen LogP contribution < -0.4 is 4.46 Å². The maximum absolute atomic E-state index is 2.65. The van der Waals surface area contributed by atoms with Crippen molar-refractivity contribution in [3.63, 3.8) is 0 Å². The van der Waals surface area contributed by atoms with Crippen LogP contribution in [0, 0.1) is 0 Å². The van der Waals surface area contributed by atoms with Gasteiger partial charge >= 0.3 is 127 Å². The van der Waals surface area contributed by atoms with Crippen LogP contribution >= 0.6 is 0 Å². The fourth-order valence-electron chi connectivity index (χ4n) is 3.31. The zero-order valence-electron chi connectivity index (χ0n) is 13.2. The van der Waals surface area contributed by atoms with E-state index in [-0.39, 0.29) is 0 Å². The molecule has 0 heterocycles. The molecule has 0 atom stereocenters. The summed E-state index contributed by atoms with van der Waals surface area (Å²) >= 11 is 0.484. The number of rotatable bonds is 6. The van der Waals surface area contributed by atoms with Gasteiger partial charge in [0.1, 0.15) is 0 Å². The van der Waals surface area contributed by atoms with Gasteiger partial charge in [0.25, 0.3) is 0 Å². The Labute approximate surface area is 126 Å². The maximum atomic E-state index is 2.65. The topological polar surface area (TPSA) is 0 Å². The van der Waals surface area contributed by atoms with E-state index in [0.717, 1.165) is 16.6 Å². The molecule has 0 radical (unpaired) electrons. The molecule has 19 heavy (non-hydrogen) atoms. The minimum atomic E-state index is -1.35. The van der Waals surface area contributed by atoms with Gasteiger partial charge in [-0.15, -0.1) is 0 Å². The van der Waals surface area contributed by atoms with E-state index in [0.29, 0.717) is 15.0 Å². The van der Waals surface area contributed by atoms with Crippen molar-refractivity contribution < 1.29 is 0 Å². The summed E-state index contributed by atoms with van der Waals surface area (Å²) in [6.45, 7) is 14.5. The van der Waals surface area contributed by atoms with E-state index < -0.39 is 8.07 Å². The molecule has 0 nitrogen and oxygen atoms in total. The molecule has 106 valence electrons. The molecule has 0 fully saturated rings. The van der Waals surface area contributed by atoms with Gasteiger partial charge in [0, 0.05) is 0 Å². The second kappa shape index (κ2) is 7.47. The number of hydrogen-bond donors (Lipinski definition) is 0. The Hall–Kier alpha value is -0.304. The molecule has 2 heteroatoms. The van der Waals surface area contributed by atoms with Crippen molar-refractivity contribution in [1.29, 1.82) is 0 Å². The van der Waals surface area contributed by atoms with Gasteiger partial charge in [-0.3, -0.25) is 0 Å². The first-order valence-corrected chi connectivity index (χ1v) is 11.5. The Morgan fingerprint density at radius 1 is 0.842 bits per heavy atom. The van der Waals surface area contributed by atoms with Crippen LogP contribution in [0.3, 0.4) is 0 Å². The van der Waals surface area contributed by atoms with Gasteiger partial charge in [-0.2, -0.15) is 0 Å². The Balaban J connectivity index is 2.89. The number of hydrogen-bond acceptors (Lipinski definition) is 0. The van der Waals surface area contributed by atoms with Gasteiger partial charge in [-0.05, 0) is 0 Å². The monoisotopic (exact) mass is 340 g/mol. The summed E-state index contributed by atoms with van der Waals surface area (Å²) < 4.78 is 1.48. The third-order valence-corrected chi connectivity index (χ3v) is 13.3. The zero-order valence-corrected chi connectivity index (χ0v) is 15.9. The molecule has 0 aliphatic heterocycles. The fraction of sp³-hybridized carbons (Fsp3) is 0.529.